The smallest absolute Gasteiger partial charge is 0.279 e. The maximum atomic E-state index is 12.9. The molecule has 0 radical (unpaired) electrons. The molecule has 0 aliphatic rings. The van der Waals surface area contributed by atoms with Crippen LogP contribution in [0.2, 0.25) is 0 Å². The van der Waals surface area contributed by atoms with Crippen LogP contribution in [0.3, 0.4) is 0 Å². The third-order valence-corrected chi connectivity index (χ3v) is 3.51. The fourth-order valence-corrected chi connectivity index (χ4v) is 2.31. The third kappa shape index (κ3) is 3.61. The van der Waals surface area contributed by atoms with Gasteiger partial charge in [0.05, 0.1) is 12.2 Å². The number of hydrogen-bond acceptors (Lipinski definition) is 3. The van der Waals surface area contributed by atoms with Crippen molar-refractivity contribution in [3.63, 3.8) is 0 Å². The topological polar surface area (TPSA) is 46.1 Å². The van der Waals surface area contributed by atoms with Crippen molar-refractivity contribution in [1.29, 1.82) is 0 Å². The lowest BCUT2D eigenvalue weighted by Gasteiger charge is -2.22. The number of amides is 1. The standard InChI is InChI=1S/C19H17N3O/c1-15-12-13-18(21-20-15)19(23)22(17-10-6-3-7-11-17)14-16-8-4-2-5-9-16/h2-13H,14H2,1H3. The predicted molar refractivity (Wildman–Crippen MR) is 90.2 cm³/mol. The van der Waals surface area contributed by atoms with Gasteiger partial charge in [0.1, 0.15) is 0 Å². The number of anilines is 1. The molecule has 4 nitrogen and oxygen atoms in total. The van der Waals surface area contributed by atoms with Crippen molar-refractivity contribution in [1.82, 2.24) is 10.2 Å². The zero-order valence-electron chi connectivity index (χ0n) is 12.9. The van der Waals surface area contributed by atoms with Gasteiger partial charge in [-0.3, -0.25) is 4.79 Å². The lowest BCUT2D eigenvalue weighted by molar-refractivity contribution is 0.0979. The summed E-state index contributed by atoms with van der Waals surface area (Å²) in [5, 5.41) is 8.01. The van der Waals surface area contributed by atoms with Gasteiger partial charge in [-0.15, -0.1) is 5.10 Å². The van der Waals surface area contributed by atoms with E-state index in [9.17, 15) is 4.79 Å². The second-order valence-corrected chi connectivity index (χ2v) is 5.27. The molecule has 0 N–H and O–H groups in total. The van der Waals surface area contributed by atoms with Gasteiger partial charge in [-0.1, -0.05) is 48.5 Å². The summed E-state index contributed by atoms with van der Waals surface area (Å²) in [4.78, 5) is 14.6. The van der Waals surface area contributed by atoms with E-state index in [1.165, 1.54) is 0 Å². The molecule has 0 fully saturated rings. The second kappa shape index (κ2) is 6.83. The van der Waals surface area contributed by atoms with E-state index < -0.39 is 0 Å². The molecule has 1 aromatic heterocycles. The first-order valence-electron chi connectivity index (χ1n) is 7.45. The first-order valence-corrected chi connectivity index (χ1v) is 7.45. The fourth-order valence-electron chi connectivity index (χ4n) is 2.31. The molecule has 0 saturated heterocycles. The molecule has 3 rings (SSSR count). The molecule has 2 aromatic carbocycles. The molecule has 114 valence electrons. The Morgan fingerprint density at radius 1 is 0.870 bits per heavy atom. The van der Waals surface area contributed by atoms with E-state index in [1.807, 2.05) is 67.6 Å². The highest BCUT2D eigenvalue weighted by Gasteiger charge is 2.19. The molecule has 0 bridgehead atoms. The van der Waals surface area contributed by atoms with E-state index in [2.05, 4.69) is 10.2 Å². The van der Waals surface area contributed by atoms with Crippen LogP contribution < -0.4 is 4.90 Å². The molecule has 0 atom stereocenters. The second-order valence-electron chi connectivity index (χ2n) is 5.27. The first-order chi connectivity index (χ1) is 11.2. The number of benzene rings is 2. The minimum atomic E-state index is -0.160. The van der Waals surface area contributed by atoms with Crippen molar-refractivity contribution < 1.29 is 4.79 Å². The van der Waals surface area contributed by atoms with Crippen LogP contribution in [0.4, 0.5) is 5.69 Å². The summed E-state index contributed by atoms with van der Waals surface area (Å²) in [5.41, 5.74) is 3.03. The maximum absolute atomic E-state index is 12.9. The third-order valence-electron chi connectivity index (χ3n) is 3.51. The summed E-state index contributed by atoms with van der Waals surface area (Å²) < 4.78 is 0. The van der Waals surface area contributed by atoms with Crippen molar-refractivity contribution in [3.05, 3.63) is 89.7 Å². The normalized spacial score (nSPS) is 10.3. The fraction of sp³-hybridized carbons (Fsp3) is 0.105. The van der Waals surface area contributed by atoms with Crippen LogP contribution >= 0.6 is 0 Å². The van der Waals surface area contributed by atoms with E-state index >= 15 is 0 Å². The van der Waals surface area contributed by atoms with Crippen molar-refractivity contribution in [2.24, 2.45) is 0 Å². The van der Waals surface area contributed by atoms with Crippen LogP contribution in [-0.2, 0) is 6.54 Å². The molecule has 23 heavy (non-hydrogen) atoms. The van der Waals surface area contributed by atoms with Crippen LogP contribution in [0.1, 0.15) is 21.7 Å². The van der Waals surface area contributed by atoms with Gasteiger partial charge in [0.15, 0.2) is 5.69 Å². The summed E-state index contributed by atoms with van der Waals surface area (Å²) in [7, 11) is 0. The number of para-hydroxylation sites is 1. The molecule has 3 aromatic rings. The quantitative estimate of drug-likeness (QED) is 0.739. The van der Waals surface area contributed by atoms with E-state index in [0.717, 1.165) is 16.9 Å². The molecular formula is C19H17N3O. The lowest BCUT2D eigenvalue weighted by atomic mass is 10.1. The SMILES string of the molecule is Cc1ccc(C(=O)N(Cc2ccccc2)c2ccccc2)nn1. The largest absolute Gasteiger partial charge is 0.303 e. The Morgan fingerprint density at radius 3 is 2.13 bits per heavy atom. The summed E-state index contributed by atoms with van der Waals surface area (Å²) in [6, 6.07) is 23.0. The Bertz CT molecular complexity index is 771. The van der Waals surface area contributed by atoms with Crippen LogP contribution in [0.15, 0.2) is 72.8 Å². The van der Waals surface area contributed by atoms with Crippen molar-refractivity contribution in [2.45, 2.75) is 13.5 Å². The number of carbonyl (C=O) groups is 1. The molecule has 4 heteroatoms. The molecule has 0 aliphatic carbocycles. The van der Waals surface area contributed by atoms with E-state index in [0.29, 0.717) is 12.2 Å². The molecule has 0 saturated carbocycles. The highest BCUT2D eigenvalue weighted by molar-refractivity contribution is 6.04. The van der Waals surface area contributed by atoms with E-state index in [-0.39, 0.29) is 5.91 Å². The molecule has 0 spiro atoms. The predicted octanol–water partition coefficient (Wildman–Crippen LogP) is 3.63. The van der Waals surface area contributed by atoms with Gasteiger partial charge >= 0.3 is 0 Å². The number of rotatable bonds is 4. The Kier molecular flexibility index (Phi) is 4.43. The number of nitrogens with zero attached hydrogens (tertiary/aromatic N) is 3. The van der Waals surface area contributed by atoms with Crippen LogP contribution in [-0.4, -0.2) is 16.1 Å². The molecule has 1 heterocycles. The van der Waals surface area contributed by atoms with Crippen LogP contribution in [0.25, 0.3) is 0 Å². The van der Waals surface area contributed by atoms with E-state index in [4.69, 9.17) is 0 Å². The Labute approximate surface area is 135 Å². The van der Waals surface area contributed by atoms with Crippen molar-refractivity contribution in [2.75, 3.05) is 4.90 Å². The molecule has 1 amide bonds. The van der Waals surface area contributed by atoms with Crippen molar-refractivity contribution in [3.8, 4) is 0 Å². The average Bonchev–Trinajstić information content (AvgIpc) is 2.61. The Balaban J connectivity index is 1.94. The minimum Gasteiger partial charge on any atom is -0.303 e. The number of carbonyl (C=O) groups excluding carboxylic acids is 1. The summed E-state index contributed by atoms with van der Waals surface area (Å²) in [6.07, 6.45) is 0. The minimum absolute atomic E-state index is 0.160. The summed E-state index contributed by atoms with van der Waals surface area (Å²) in [6.45, 7) is 2.33. The zero-order chi connectivity index (χ0) is 16.1. The molecular weight excluding hydrogens is 286 g/mol. The Morgan fingerprint density at radius 2 is 1.52 bits per heavy atom. The molecule has 0 aliphatic heterocycles. The summed E-state index contributed by atoms with van der Waals surface area (Å²) in [5.74, 6) is -0.160. The van der Waals surface area contributed by atoms with Crippen LogP contribution in [0.5, 0.6) is 0 Å². The van der Waals surface area contributed by atoms with Gasteiger partial charge < -0.3 is 4.90 Å². The van der Waals surface area contributed by atoms with Gasteiger partial charge in [-0.05, 0) is 36.8 Å². The van der Waals surface area contributed by atoms with Gasteiger partial charge in [0.25, 0.3) is 5.91 Å². The highest BCUT2D eigenvalue weighted by atomic mass is 16.2. The van der Waals surface area contributed by atoms with Gasteiger partial charge in [0.2, 0.25) is 0 Å². The number of hydrogen-bond donors (Lipinski definition) is 0. The number of aryl methyl sites for hydroxylation is 1. The zero-order valence-corrected chi connectivity index (χ0v) is 12.9. The Hall–Kier alpha value is -3.01. The van der Waals surface area contributed by atoms with Gasteiger partial charge in [-0.2, -0.15) is 5.10 Å². The number of aromatic nitrogens is 2. The highest BCUT2D eigenvalue weighted by Crippen LogP contribution is 2.19. The average molecular weight is 303 g/mol. The van der Waals surface area contributed by atoms with Crippen molar-refractivity contribution >= 4 is 11.6 Å². The van der Waals surface area contributed by atoms with Gasteiger partial charge in [0, 0.05) is 5.69 Å². The summed E-state index contributed by atoms with van der Waals surface area (Å²) >= 11 is 0. The lowest BCUT2D eigenvalue weighted by Crippen LogP contribution is -2.31. The van der Waals surface area contributed by atoms with E-state index in [1.54, 1.807) is 17.0 Å². The monoisotopic (exact) mass is 303 g/mol. The molecule has 0 unspecified atom stereocenters. The van der Waals surface area contributed by atoms with Gasteiger partial charge in [-0.25, -0.2) is 0 Å². The van der Waals surface area contributed by atoms with Crippen LogP contribution in [0, 0.1) is 6.92 Å². The maximum Gasteiger partial charge on any atom is 0.279 e. The first kappa shape index (κ1) is 14.9.